The topological polar surface area (TPSA) is 57.8 Å². The highest BCUT2D eigenvalue weighted by Crippen LogP contribution is 2.10. The van der Waals surface area contributed by atoms with Gasteiger partial charge in [-0.25, -0.2) is 9.07 Å². The van der Waals surface area contributed by atoms with Gasteiger partial charge in [-0.3, -0.25) is 14.9 Å². The zero-order valence-corrected chi connectivity index (χ0v) is 14.8. The fourth-order valence-corrected chi connectivity index (χ4v) is 2.97. The van der Waals surface area contributed by atoms with E-state index in [0.29, 0.717) is 11.3 Å². The van der Waals surface area contributed by atoms with Gasteiger partial charge >= 0.3 is 0 Å². The number of likely N-dealkylation sites (N-methyl/N-ethyl adjacent to an activating group) is 1. The van der Waals surface area contributed by atoms with Crippen molar-refractivity contribution in [3.8, 4) is 5.69 Å². The molecule has 25 heavy (non-hydrogen) atoms. The van der Waals surface area contributed by atoms with Crippen LogP contribution < -0.4 is 10.5 Å². The summed E-state index contributed by atoms with van der Waals surface area (Å²) in [4.78, 5) is 14.3. The molecule has 1 aliphatic rings. The van der Waals surface area contributed by atoms with Crippen molar-refractivity contribution < 1.29 is 9.29 Å². The van der Waals surface area contributed by atoms with Crippen molar-refractivity contribution in [2.75, 3.05) is 33.2 Å². The van der Waals surface area contributed by atoms with Crippen LogP contribution >= 0.6 is 0 Å². The Balaban J connectivity index is 1.89. The number of aryl methyl sites for hydroxylation is 1. The summed E-state index contributed by atoms with van der Waals surface area (Å²) in [6.45, 7) is 5.94. The molecular formula is C18H25FN5O+. The monoisotopic (exact) mass is 346 g/mol. The number of quaternary nitrogens is 1. The van der Waals surface area contributed by atoms with E-state index in [4.69, 9.17) is 0 Å². The van der Waals surface area contributed by atoms with Gasteiger partial charge in [-0.05, 0) is 30.7 Å². The number of H-pyrrole nitrogens is 1. The molecule has 0 atom stereocenters. The van der Waals surface area contributed by atoms with Gasteiger partial charge in [-0.1, -0.05) is 13.3 Å². The van der Waals surface area contributed by atoms with Gasteiger partial charge < -0.3 is 4.90 Å². The number of nitrogens with one attached hydrogen (secondary N) is 2. The van der Waals surface area contributed by atoms with Crippen LogP contribution in [0, 0.1) is 5.82 Å². The number of hydrazone groups is 1. The molecule has 0 amide bonds. The smallest absolute Gasteiger partial charge is 0.280 e. The van der Waals surface area contributed by atoms with Crippen LogP contribution in [0.4, 0.5) is 4.39 Å². The van der Waals surface area contributed by atoms with Gasteiger partial charge in [-0.2, -0.15) is 5.10 Å². The lowest BCUT2D eigenvalue weighted by atomic mass is 10.2. The lowest BCUT2D eigenvalue weighted by Crippen LogP contribution is -3.11. The molecule has 1 fully saturated rings. The molecule has 1 aliphatic heterocycles. The molecule has 0 aliphatic carbocycles. The summed E-state index contributed by atoms with van der Waals surface area (Å²) < 4.78 is 14.6. The normalized spacial score (nSPS) is 16.0. The van der Waals surface area contributed by atoms with E-state index < -0.39 is 0 Å². The fraction of sp³-hybridized carbons (Fsp3) is 0.444. The molecule has 1 aromatic carbocycles. The standard InChI is InChI=1S/C18H24FN5O/c1-3-4-17-16(13-20-23-11-9-22(2)10-12-23)18(25)24(21-17)15-7-5-14(19)6-8-15/h5-8,13,21H,3-4,9-12H2,1-2H3/p+1/b20-13+. The zero-order valence-electron chi connectivity index (χ0n) is 14.8. The number of rotatable bonds is 5. The highest BCUT2D eigenvalue weighted by molar-refractivity contribution is 5.80. The van der Waals surface area contributed by atoms with E-state index in [0.717, 1.165) is 44.7 Å². The molecule has 2 heterocycles. The average molecular weight is 346 g/mol. The minimum absolute atomic E-state index is 0.154. The average Bonchev–Trinajstić information content (AvgIpc) is 2.91. The number of hydrogen-bond acceptors (Lipinski definition) is 3. The molecule has 1 aromatic heterocycles. The third-order valence-corrected chi connectivity index (χ3v) is 4.53. The van der Waals surface area contributed by atoms with Crippen molar-refractivity contribution in [2.24, 2.45) is 5.10 Å². The number of aromatic amines is 1. The largest absolute Gasteiger partial charge is 0.334 e. The second-order valence-electron chi connectivity index (χ2n) is 6.53. The summed E-state index contributed by atoms with van der Waals surface area (Å²) in [6, 6.07) is 5.88. The van der Waals surface area contributed by atoms with Gasteiger partial charge in [0.2, 0.25) is 0 Å². The van der Waals surface area contributed by atoms with Crippen molar-refractivity contribution in [1.82, 2.24) is 14.8 Å². The van der Waals surface area contributed by atoms with Crippen LogP contribution in [0.25, 0.3) is 5.69 Å². The second kappa shape index (κ2) is 7.65. The zero-order chi connectivity index (χ0) is 17.8. The maximum absolute atomic E-state index is 13.1. The number of benzene rings is 1. The Morgan fingerprint density at radius 2 is 1.96 bits per heavy atom. The lowest BCUT2D eigenvalue weighted by Gasteiger charge is -2.27. The molecule has 0 unspecified atom stereocenters. The summed E-state index contributed by atoms with van der Waals surface area (Å²) in [5.74, 6) is -0.323. The minimum atomic E-state index is -0.323. The first-order valence-corrected chi connectivity index (χ1v) is 8.78. The van der Waals surface area contributed by atoms with E-state index in [9.17, 15) is 9.18 Å². The summed E-state index contributed by atoms with van der Waals surface area (Å²) in [6.07, 6.45) is 3.35. The van der Waals surface area contributed by atoms with E-state index in [-0.39, 0.29) is 11.4 Å². The molecule has 3 rings (SSSR count). The predicted octanol–water partition coefficient (Wildman–Crippen LogP) is 0.421. The lowest BCUT2D eigenvalue weighted by molar-refractivity contribution is -0.884. The molecule has 134 valence electrons. The van der Waals surface area contributed by atoms with E-state index in [1.165, 1.54) is 21.7 Å². The number of piperazine rings is 1. The van der Waals surface area contributed by atoms with Gasteiger partial charge in [0.15, 0.2) is 0 Å². The Kier molecular flexibility index (Phi) is 5.33. The van der Waals surface area contributed by atoms with Crippen LogP contribution in [-0.2, 0) is 6.42 Å². The van der Waals surface area contributed by atoms with E-state index >= 15 is 0 Å². The Bertz CT molecular complexity index is 785. The van der Waals surface area contributed by atoms with Gasteiger partial charge in [0, 0.05) is 5.69 Å². The van der Waals surface area contributed by atoms with Crippen molar-refractivity contribution in [3.05, 3.63) is 51.7 Å². The van der Waals surface area contributed by atoms with Crippen LogP contribution in [0.2, 0.25) is 0 Å². The van der Waals surface area contributed by atoms with E-state index in [1.54, 1.807) is 18.3 Å². The molecule has 0 spiro atoms. The van der Waals surface area contributed by atoms with Crippen LogP contribution in [0.1, 0.15) is 24.6 Å². The fourth-order valence-electron chi connectivity index (χ4n) is 2.97. The third kappa shape index (κ3) is 3.99. The van der Waals surface area contributed by atoms with E-state index in [2.05, 4.69) is 24.2 Å². The van der Waals surface area contributed by atoms with Crippen molar-refractivity contribution in [2.45, 2.75) is 19.8 Å². The first-order valence-electron chi connectivity index (χ1n) is 8.78. The Morgan fingerprint density at radius 1 is 1.28 bits per heavy atom. The Hall–Kier alpha value is -2.41. The number of hydrogen-bond donors (Lipinski definition) is 2. The number of aromatic nitrogens is 2. The number of nitrogens with zero attached hydrogens (tertiary/aromatic N) is 3. The van der Waals surface area contributed by atoms with Crippen LogP contribution in [0.3, 0.4) is 0 Å². The molecule has 7 heteroatoms. The third-order valence-electron chi connectivity index (χ3n) is 4.53. The maximum Gasteiger partial charge on any atom is 0.280 e. The summed E-state index contributed by atoms with van der Waals surface area (Å²) in [5, 5.41) is 9.68. The van der Waals surface area contributed by atoms with Crippen molar-refractivity contribution >= 4 is 6.21 Å². The molecule has 2 N–H and O–H groups in total. The molecule has 0 radical (unpaired) electrons. The van der Waals surface area contributed by atoms with Crippen LogP contribution in [-0.4, -0.2) is 54.2 Å². The molecule has 6 nitrogen and oxygen atoms in total. The van der Waals surface area contributed by atoms with E-state index in [1.807, 2.05) is 5.01 Å². The summed E-state index contributed by atoms with van der Waals surface area (Å²) in [5.41, 5.74) is 1.91. The molecular weight excluding hydrogens is 321 g/mol. The Morgan fingerprint density at radius 3 is 2.60 bits per heavy atom. The first kappa shape index (κ1) is 17.4. The number of halogens is 1. The molecule has 2 aromatic rings. The predicted molar refractivity (Wildman–Crippen MR) is 96.1 cm³/mol. The quantitative estimate of drug-likeness (QED) is 0.771. The van der Waals surface area contributed by atoms with Gasteiger partial charge in [0.05, 0.1) is 50.7 Å². The van der Waals surface area contributed by atoms with Crippen LogP contribution in [0.15, 0.2) is 34.2 Å². The highest BCUT2D eigenvalue weighted by atomic mass is 19.1. The van der Waals surface area contributed by atoms with Gasteiger partial charge in [0.25, 0.3) is 5.56 Å². The maximum atomic E-state index is 13.1. The van der Waals surface area contributed by atoms with Crippen molar-refractivity contribution in [1.29, 1.82) is 0 Å². The summed E-state index contributed by atoms with van der Waals surface area (Å²) >= 11 is 0. The summed E-state index contributed by atoms with van der Waals surface area (Å²) in [7, 11) is 2.17. The van der Waals surface area contributed by atoms with Gasteiger partial charge in [0.1, 0.15) is 5.82 Å². The molecule has 1 saturated heterocycles. The van der Waals surface area contributed by atoms with Crippen LogP contribution in [0.5, 0.6) is 0 Å². The second-order valence-corrected chi connectivity index (χ2v) is 6.53. The van der Waals surface area contributed by atoms with Gasteiger partial charge in [-0.15, -0.1) is 0 Å². The minimum Gasteiger partial charge on any atom is -0.334 e. The SMILES string of the molecule is CCCc1[nH]n(-c2ccc(F)cc2)c(=O)c1/C=N/N1CC[NH+](C)CC1. The Labute approximate surface area is 146 Å². The molecule has 0 saturated carbocycles. The molecule has 0 bridgehead atoms. The first-order chi connectivity index (χ1) is 12.1. The highest BCUT2D eigenvalue weighted by Gasteiger charge is 2.16. The van der Waals surface area contributed by atoms with Crippen molar-refractivity contribution in [3.63, 3.8) is 0 Å².